The molecule has 5 rings (SSSR count). The lowest BCUT2D eigenvalue weighted by atomic mass is 10.1. The third kappa shape index (κ3) is 5.94. The van der Waals surface area contributed by atoms with Crippen molar-refractivity contribution in [1.82, 2.24) is 30.0 Å². The molecule has 2 aromatic heterocycles. The lowest BCUT2D eigenvalue weighted by molar-refractivity contribution is -0.123. The lowest BCUT2D eigenvalue weighted by Crippen LogP contribution is -2.34. The first-order chi connectivity index (χ1) is 18.9. The van der Waals surface area contributed by atoms with E-state index in [9.17, 15) is 14.7 Å². The largest absolute Gasteiger partial charge is 0.484 e. The maximum atomic E-state index is 12.1. The molecule has 39 heavy (non-hydrogen) atoms. The molecule has 198 valence electrons. The summed E-state index contributed by atoms with van der Waals surface area (Å²) in [7, 11) is 3.89. The number of para-hydroxylation sites is 1. The summed E-state index contributed by atoms with van der Waals surface area (Å²) >= 11 is 0. The number of hydrogen-bond donors (Lipinski definition) is 3. The van der Waals surface area contributed by atoms with E-state index in [4.69, 9.17) is 14.7 Å². The van der Waals surface area contributed by atoms with Crippen molar-refractivity contribution >= 4 is 45.3 Å². The minimum absolute atomic E-state index is 0.0940. The first-order valence-corrected chi connectivity index (χ1v) is 12.3. The number of likely N-dealkylation sites (N-methyl/N-ethyl adjacent to an activating group) is 1. The van der Waals surface area contributed by atoms with E-state index in [0.717, 1.165) is 33.4 Å². The molecule has 0 aliphatic rings. The van der Waals surface area contributed by atoms with Crippen LogP contribution in [0.15, 0.2) is 72.9 Å². The number of rotatable bonds is 9. The zero-order valence-electron chi connectivity index (χ0n) is 21.5. The van der Waals surface area contributed by atoms with Crippen LogP contribution in [0.25, 0.3) is 33.2 Å². The summed E-state index contributed by atoms with van der Waals surface area (Å²) in [6.07, 6.45) is 0.361. The molecule has 2 heterocycles. The molecular weight excluding hydrogens is 498 g/mol. The number of benzene rings is 3. The Morgan fingerprint density at radius 2 is 1.87 bits per heavy atom. The zero-order valence-corrected chi connectivity index (χ0v) is 21.5. The molecule has 0 saturated heterocycles. The Morgan fingerprint density at radius 1 is 1.03 bits per heavy atom. The van der Waals surface area contributed by atoms with Gasteiger partial charge in [0.15, 0.2) is 12.4 Å². The van der Waals surface area contributed by atoms with E-state index in [1.165, 1.54) is 6.20 Å². The van der Waals surface area contributed by atoms with Gasteiger partial charge in [-0.05, 0) is 56.6 Å². The van der Waals surface area contributed by atoms with Gasteiger partial charge in [-0.1, -0.05) is 24.3 Å². The Labute approximate surface area is 224 Å². The topological polar surface area (TPSA) is 134 Å². The number of hydrogen-bond acceptors (Lipinski definition) is 8. The van der Waals surface area contributed by atoms with Crippen molar-refractivity contribution in [3.05, 3.63) is 72.9 Å². The molecular formula is C28H27N7O4. The summed E-state index contributed by atoms with van der Waals surface area (Å²) in [5.41, 5.74) is 2.69. The standard InChI is InChI=1S/C28H27N7O4/c1-34(2)13-12-29-25(36)17-39-21-7-5-6-18(15-21)26-32-23-9-4-3-8-22(23)27(33-26)31-20-10-11-24-19(14-20)16-30-35(24)28(37)38/h3-11,14-16H,12-13,17H2,1-2H3,(H,29,36)(H,37,38)(H,31,32,33). The zero-order chi connectivity index (χ0) is 27.4. The second-order valence-corrected chi connectivity index (χ2v) is 9.12. The molecule has 3 N–H and O–H groups in total. The van der Waals surface area contributed by atoms with E-state index in [-0.39, 0.29) is 12.5 Å². The van der Waals surface area contributed by atoms with Crippen LogP contribution in [0.1, 0.15) is 0 Å². The predicted octanol–water partition coefficient (Wildman–Crippen LogP) is 3.97. The van der Waals surface area contributed by atoms with Gasteiger partial charge in [0, 0.05) is 35.1 Å². The van der Waals surface area contributed by atoms with E-state index in [1.54, 1.807) is 24.3 Å². The van der Waals surface area contributed by atoms with E-state index < -0.39 is 6.09 Å². The van der Waals surface area contributed by atoms with Crippen molar-refractivity contribution in [2.24, 2.45) is 0 Å². The molecule has 1 amide bonds. The quantitative estimate of drug-likeness (QED) is 0.261. The number of nitrogens with zero attached hydrogens (tertiary/aromatic N) is 5. The molecule has 0 unspecified atom stereocenters. The van der Waals surface area contributed by atoms with Crippen LogP contribution >= 0.6 is 0 Å². The third-order valence-electron chi connectivity index (χ3n) is 5.96. The SMILES string of the molecule is CN(C)CCNC(=O)COc1cccc(-c2nc(Nc3ccc4c(cnn4C(=O)O)c3)c3ccccc3n2)c1. The fraction of sp³-hybridized carbons (Fsp3) is 0.179. The number of nitrogens with one attached hydrogen (secondary N) is 2. The Morgan fingerprint density at radius 3 is 2.69 bits per heavy atom. The number of amides is 1. The molecule has 0 spiro atoms. The smallest absolute Gasteiger partial charge is 0.432 e. The van der Waals surface area contributed by atoms with Crippen LogP contribution in [-0.2, 0) is 4.79 Å². The fourth-order valence-electron chi connectivity index (χ4n) is 4.04. The molecule has 3 aromatic carbocycles. The van der Waals surface area contributed by atoms with Gasteiger partial charge in [0.2, 0.25) is 0 Å². The summed E-state index contributed by atoms with van der Waals surface area (Å²) in [4.78, 5) is 35.0. The Balaban J connectivity index is 1.40. The lowest BCUT2D eigenvalue weighted by Gasteiger charge is -2.13. The van der Waals surface area contributed by atoms with Crippen molar-refractivity contribution in [2.75, 3.05) is 39.1 Å². The molecule has 0 saturated carbocycles. The summed E-state index contributed by atoms with van der Waals surface area (Å²) < 4.78 is 6.64. The van der Waals surface area contributed by atoms with Gasteiger partial charge in [0.25, 0.3) is 5.91 Å². The highest BCUT2D eigenvalue weighted by Gasteiger charge is 2.13. The predicted molar refractivity (Wildman–Crippen MR) is 148 cm³/mol. The van der Waals surface area contributed by atoms with Gasteiger partial charge in [-0.25, -0.2) is 14.8 Å². The number of carbonyl (C=O) groups is 2. The van der Waals surface area contributed by atoms with Gasteiger partial charge < -0.3 is 25.4 Å². The van der Waals surface area contributed by atoms with Crippen LogP contribution in [0.3, 0.4) is 0 Å². The summed E-state index contributed by atoms with van der Waals surface area (Å²) in [5.74, 6) is 1.41. The van der Waals surface area contributed by atoms with E-state index in [0.29, 0.717) is 34.8 Å². The maximum Gasteiger partial charge on any atom is 0.432 e. The van der Waals surface area contributed by atoms with Crippen LogP contribution in [0, 0.1) is 0 Å². The van der Waals surface area contributed by atoms with Gasteiger partial charge in [-0.3, -0.25) is 4.79 Å². The number of fused-ring (bicyclic) bond motifs is 2. The molecule has 11 heteroatoms. The highest BCUT2D eigenvalue weighted by Crippen LogP contribution is 2.30. The minimum atomic E-state index is -1.15. The molecule has 0 aliphatic carbocycles. The van der Waals surface area contributed by atoms with Gasteiger partial charge in [-0.2, -0.15) is 9.78 Å². The average molecular weight is 526 g/mol. The van der Waals surface area contributed by atoms with Crippen LogP contribution in [0.4, 0.5) is 16.3 Å². The molecule has 0 aliphatic heterocycles. The van der Waals surface area contributed by atoms with E-state index >= 15 is 0 Å². The van der Waals surface area contributed by atoms with Gasteiger partial charge >= 0.3 is 6.09 Å². The van der Waals surface area contributed by atoms with Crippen molar-refractivity contribution < 1.29 is 19.4 Å². The Hall–Kier alpha value is -5.03. The molecule has 11 nitrogen and oxygen atoms in total. The van der Waals surface area contributed by atoms with Crippen LogP contribution in [-0.4, -0.2) is 75.5 Å². The molecule has 5 aromatic rings. The Kier molecular flexibility index (Phi) is 7.32. The summed E-state index contributed by atoms with van der Waals surface area (Å²) in [6, 6.07) is 20.2. The second-order valence-electron chi connectivity index (χ2n) is 9.12. The normalized spacial score (nSPS) is 11.2. The van der Waals surface area contributed by atoms with E-state index in [2.05, 4.69) is 15.7 Å². The third-order valence-corrected chi connectivity index (χ3v) is 5.96. The monoisotopic (exact) mass is 525 g/mol. The summed E-state index contributed by atoms with van der Waals surface area (Å²) in [6.45, 7) is 1.20. The number of aromatic nitrogens is 4. The second kappa shape index (κ2) is 11.2. The summed E-state index contributed by atoms with van der Waals surface area (Å²) in [5, 5.41) is 20.9. The maximum absolute atomic E-state index is 12.1. The number of carbonyl (C=O) groups excluding carboxylic acids is 1. The Bertz CT molecular complexity index is 1660. The molecule has 0 radical (unpaired) electrons. The highest BCUT2D eigenvalue weighted by atomic mass is 16.5. The highest BCUT2D eigenvalue weighted by molar-refractivity contribution is 5.94. The average Bonchev–Trinajstić information content (AvgIpc) is 3.35. The van der Waals surface area contributed by atoms with Crippen LogP contribution in [0.2, 0.25) is 0 Å². The molecule has 0 fully saturated rings. The van der Waals surface area contributed by atoms with Crippen molar-refractivity contribution in [1.29, 1.82) is 0 Å². The van der Waals surface area contributed by atoms with Crippen molar-refractivity contribution in [2.45, 2.75) is 0 Å². The van der Waals surface area contributed by atoms with Gasteiger partial charge in [0.1, 0.15) is 11.6 Å². The van der Waals surface area contributed by atoms with Crippen LogP contribution < -0.4 is 15.4 Å². The first-order valence-electron chi connectivity index (χ1n) is 12.3. The van der Waals surface area contributed by atoms with E-state index in [1.807, 2.05) is 61.5 Å². The number of ether oxygens (including phenoxy) is 1. The number of carboxylic acid groups (broad SMARTS) is 1. The van der Waals surface area contributed by atoms with Crippen molar-refractivity contribution in [3.63, 3.8) is 0 Å². The molecule has 0 bridgehead atoms. The fourth-order valence-corrected chi connectivity index (χ4v) is 4.04. The van der Waals surface area contributed by atoms with Crippen LogP contribution in [0.5, 0.6) is 5.75 Å². The minimum Gasteiger partial charge on any atom is -0.484 e. The molecule has 0 atom stereocenters. The van der Waals surface area contributed by atoms with Gasteiger partial charge in [0.05, 0.1) is 17.2 Å². The van der Waals surface area contributed by atoms with Crippen molar-refractivity contribution in [3.8, 4) is 17.1 Å². The first kappa shape index (κ1) is 25.6. The van der Waals surface area contributed by atoms with Gasteiger partial charge in [-0.15, -0.1) is 0 Å². The number of anilines is 2.